The summed E-state index contributed by atoms with van der Waals surface area (Å²) in [5.74, 6) is 1.87. The molecule has 9 nitrogen and oxygen atoms in total. The Balaban J connectivity index is 1.51. The molecular formula is C26H36N6O3. The van der Waals surface area contributed by atoms with Crippen LogP contribution in [0, 0.1) is 5.92 Å². The molecule has 1 saturated carbocycles. The number of methoxy groups -OCH3 is 1. The van der Waals surface area contributed by atoms with Crippen molar-refractivity contribution in [3.8, 4) is 5.75 Å². The van der Waals surface area contributed by atoms with Crippen LogP contribution in [0.25, 0.3) is 10.9 Å². The fraction of sp³-hybridized carbons (Fsp3) is 0.615. The van der Waals surface area contributed by atoms with E-state index in [-0.39, 0.29) is 23.6 Å². The SMILES string of the molecule is COc1ccc2cc(CN(C[C@H]3CCCO3)[C@@H](c3nnnn3C3CCCC3)C(C)C)c(=O)[nH]c2c1. The normalized spacial score (nSPS) is 19.9. The van der Waals surface area contributed by atoms with Crippen LogP contribution in [-0.4, -0.2) is 56.5 Å². The second kappa shape index (κ2) is 10.5. The highest BCUT2D eigenvalue weighted by molar-refractivity contribution is 5.80. The van der Waals surface area contributed by atoms with Crippen molar-refractivity contribution in [1.29, 1.82) is 0 Å². The van der Waals surface area contributed by atoms with Crippen molar-refractivity contribution < 1.29 is 9.47 Å². The van der Waals surface area contributed by atoms with Crippen LogP contribution in [-0.2, 0) is 11.3 Å². The lowest BCUT2D eigenvalue weighted by Crippen LogP contribution is -2.40. The van der Waals surface area contributed by atoms with E-state index in [9.17, 15) is 4.79 Å². The fourth-order valence-electron chi connectivity index (χ4n) is 5.70. The topological polar surface area (TPSA) is 98.2 Å². The molecule has 0 bridgehead atoms. The summed E-state index contributed by atoms with van der Waals surface area (Å²) < 4.78 is 13.4. The van der Waals surface area contributed by atoms with Gasteiger partial charge in [-0.15, -0.1) is 5.10 Å². The molecule has 2 atom stereocenters. The quantitative estimate of drug-likeness (QED) is 0.494. The van der Waals surface area contributed by atoms with Gasteiger partial charge in [0.15, 0.2) is 5.82 Å². The molecule has 0 amide bonds. The van der Waals surface area contributed by atoms with E-state index in [1.165, 1.54) is 12.8 Å². The molecule has 1 aliphatic heterocycles. The van der Waals surface area contributed by atoms with Gasteiger partial charge in [0.25, 0.3) is 5.56 Å². The van der Waals surface area contributed by atoms with Crippen LogP contribution in [0.3, 0.4) is 0 Å². The number of tetrazole rings is 1. The average Bonchev–Trinajstić information content (AvgIpc) is 3.62. The monoisotopic (exact) mass is 480 g/mol. The molecule has 2 fully saturated rings. The third-order valence-corrected chi connectivity index (χ3v) is 7.44. The van der Waals surface area contributed by atoms with Gasteiger partial charge in [0.2, 0.25) is 0 Å². The van der Waals surface area contributed by atoms with Gasteiger partial charge in [-0.25, -0.2) is 4.68 Å². The minimum Gasteiger partial charge on any atom is -0.497 e. The van der Waals surface area contributed by atoms with Gasteiger partial charge in [0.05, 0.1) is 30.8 Å². The number of aromatic amines is 1. The molecular weight excluding hydrogens is 444 g/mol. The number of nitrogens with one attached hydrogen (secondary N) is 1. The highest BCUT2D eigenvalue weighted by Gasteiger charge is 2.34. The smallest absolute Gasteiger partial charge is 0.252 e. The van der Waals surface area contributed by atoms with Crippen molar-refractivity contribution in [2.45, 2.75) is 77.1 Å². The van der Waals surface area contributed by atoms with Crippen molar-refractivity contribution in [3.05, 3.63) is 46.0 Å². The van der Waals surface area contributed by atoms with Gasteiger partial charge < -0.3 is 14.5 Å². The van der Waals surface area contributed by atoms with Gasteiger partial charge in [-0.1, -0.05) is 26.7 Å². The Morgan fingerprint density at radius 2 is 2.03 bits per heavy atom. The van der Waals surface area contributed by atoms with Gasteiger partial charge in [0.1, 0.15) is 5.75 Å². The number of hydrogen-bond donors (Lipinski definition) is 1. The second-order valence-electron chi connectivity index (χ2n) is 10.3. The molecule has 0 radical (unpaired) electrons. The van der Waals surface area contributed by atoms with E-state index in [1.54, 1.807) is 7.11 Å². The lowest BCUT2D eigenvalue weighted by atomic mass is 9.99. The van der Waals surface area contributed by atoms with E-state index in [4.69, 9.17) is 9.47 Å². The summed E-state index contributed by atoms with van der Waals surface area (Å²) in [5.41, 5.74) is 1.42. The first-order valence-electron chi connectivity index (χ1n) is 12.9. The Labute approximate surface area is 205 Å². The van der Waals surface area contributed by atoms with Crippen LogP contribution < -0.4 is 10.3 Å². The Kier molecular flexibility index (Phi) is 7.15. The maximum absolute atomic E-state index is 13.2. The van der Waals surface area contributed by atoms with Crippen molar-refractivity contribution in [2.75, 3.05) is 20.3 Å². The molecule has 3 heterocycles. The third kappa shape index (κ3) is 5.11. The molecule has 2 aromatic heterocycles. The number of nitrogens with zero attached hydrogens (tertiary/aromatic N) is 5. The minimum atomic E-state index is -0.0824. The predicted octanol–water partition coefficient (Wildman–Crippen LogP) is 4.02. The van der Waals surface area contributed by atoms with E-state index in [1.807, 2.05) is 24.3 Å². The van der Waals surface area contributed by atoms with Crippen molar-refractivity contribution >= 4 is 10.9 Å². The highest BCUT2D eigenvalue weighted by Crippen LogP contribution is 2.35. The molecule has 2 aliphatic rings. The van der Waals surface area contributed by atoms with Crippen molar-refractivity contribution in [3.63, 3.8) is 0 Å². The minimum absolute atomic E-state index is 0.0271. The number of benzene rings is 1. The van der Waals surface area contributed by atoms with Crippen molar-refractivity contribution in [1.82, 2.24) is 30.1 Å². The molecule has 9 heteroatoms. The lowest BCUT2D eigenvalue weighted by molar-refractivity contribution is 0.0379. The van der Waals surface area contributed by atoms with Crippen LogP contribution in [0.15, 0.2) is 29.1 Å². The Bertz CT molecular complexity index is 1190. The lowest BCUT2D eigenvalue weighted by Gasteiger charge is -2.35. The molecule has 5 rings (SSSR count). The van der Waals surface area contributed by atoms with Gasteiger partial charge in [-0.05, 0) is 65.6 Å². The first kappa shape index (κ1) is 23.9. The number of pyridine rings is 1. The van der Waals surface area contributed by atoms with Crippen LogP contribution in [0.5, 0.6) is 5.75 Å². The molecule has 0 spiro atoms. The van der Waals surface area contributed by atoms with E-state index in [2.05, 4.69) is 43.9 Å². The van der Waals surface area contributed by atoms with E-state index < -0.39 is 0 Å². The zero-order valence-corrected chi connectivity index (χ0v) is 20.9. The number of hydrogen-bond acceptors (Lipinski definition) is 7. The fourth-order valence-corrected chi connectivity index (χ4v) is 5.70. The molecule has 35 heavy (non-hydrogen) atoms. The van der Waals surface area contributed by atoms with E-state index in [0.717, 1.165) is 66.9 Å². The van der Waals surface area contributed by atoms with Gasteiger partial charge in [-0.2, -0.15) is 0 Å². The van der Waals surface area contributed by atoms with Crippen LogP contribution in [0.1, 0.15) is 75.8 Å². The maximum atomic E-state index is 13.2. The van der Waals surface area contributed by atoms with Crippen LogP contribution in [0.4, 0.5) is 0 Å². The summed E-state index contributed by atoms with van der Waals surface area (Å²) >= 11 is 0. The molecule has 1 aromatic carbocycles. The molecule has 188 valence electrons. The Morgan fingerprint density at radius 3 is 2.74 bits per heavy atom. The Hall–Kier alpha value is -2.78. The Morgan fingerprint density at radius 1 is 1.20 bits per heavy atom. The number of rotatable bonds is 9. The molecule has 1 aliphatic carbocycles. The molecule has 3 aromatic rings. The number of H-pyrrole nitrogens is 1. The predicted molar refractivity (Wildman–Crippen MR) is 133 cm³/mol. The third-order valence-electron chi connectivity index (χ3n) is 7.44. The average molecular weight is 481 g/mol. The molecule has 1 saturated heterocycles. The zero-order valence-electron chi connectivity index (χ0n) is 20.9. The van der Waals surface area contributed by atoms with E-state index >= 15 is 0 Å². The van der Waals surface area contributed by atoms with Gasteiger partial charge >= 0.3 is 0 Å². The largest absolute Gasteiger partial charge is 0.497 e. The summed E-state index contributed by atoms with van der Waals surface area (Å²) in [6.07, 6.45) is 6.91. The highest BCUT2D eigenvalue weighted by atomic mass is 16.5. The number of fused-ring (bicyclic) bond motifs is 1. The van der Waals surface area contributed by atoms with Gasteiger partial charge in [0, 0.05) is 31.3 Å². The molecule has 0 unspecified atom stereocenters. The van der Waals surface area contributed by atoms with Crippen LogP contribution >= 0.6 is 0 Å². The summed E-state index contributed by atoms with van der Waals surface area (Å²) in [4.78, 5) is 18.6. The van der Waals surface area contributed by atoms with E-state index in [0.29, 0.717) is 12.6 Å². The number of ether oxygens (including phenoxy) is 2. The zero-order chi connectivity index (χ0) is 24.4. The van der Waals surface area contributed by atoms with Crippen molar-refractivity contribution in [2.24, 2.45) is 5.92 Å². The first-order valence-corrected chi connectivity index (χ1v) is 12.9. The standard InChI is InChI=1S/C26H36N6O3/c1-17(2)24(25-28-29-30-32(25)20-7-4-5-8-20)31(16-22-9-6-12-35-22)15-19-13-18-10-11-21(34-3)14-23(18)27-26(19)33/h10-11,13-14,17,20,22,24H,4-9,12,15-16H2,1-3H3,(H,27,33)/t22-,24-/m1/s1. The van der Waals surface area contributed by atoms with Gasteiger partial charge in [-0.3, -0.25) is 9.69 Å². The second-order valence-corrected chi connectivity index (χ2v) is 10.3. The summed E-state index contributed by atoms with van der Waals surface area (Å²) in [7, 11) is 1.63. The number of aromatic nitrogens is 5. The summed E-state index contributed by atoms with van der Waals surface area (Å²) in [5, 5.41) is 14.0. The summed E-state index contributed by atoms with van der Waals surface area (Å²) in [6.45, 7) is 6.44. The first-order chi connectivity index (χ1) is 17.0. The summed E-state index contributed by atoms with van der Waals surface area (Å²) in [6, 6.07) is 8.08. The maximum Gasteiger partial charge on any atom is 0.252 e. The molecule has 1 N–H and O–H groups in total. The van der Waals surface area contributed by atoms with Crippen LogP contribution in [0.2, 0.25) is 0 Å².